The molecule has 0 amide bonds. The molecule has 2 aromatic carbocycles. The van der Waals surface area contributed by atoms with E-state index < -0.39 is 5.97 Å². The Morgan fingerprint density at radius 1 is 1.24 bits per heavy atom. The molecule has 29 heavy (non-hydrogen) atoms. The van der Waals surface area contributed by atoms with Crippen molar-refractivity contribution in [3.63, 3.8) is 0 Å². The number of carboxylic acids is 1. The number of pyridine rings is 1. The van der Waals surface area contributed by atoms with Crippen molar-refractivity contribution in [1.29, 1.82) is 0 Å². The van der Waals surface area contributed by atoms with Gasteiger partial charge in [-0.15, -0.1) is 0 Å². The molecule has 1 aliphatic carbocycles. The first-order valence-electron chi connectivity index (χ1n) is 9.20. The summed E-state index contributed by atoms with van der Waals surface area (Å²) in [5, 5.41) is 12.7. The summed E-state index contributed by atoms with van der Waals surface area (Å²) in [5.41, 5.74) is 3.94. The predicted molar refractivity (Wildman–Crippen MR) is 112 cm³/mol. The SMILES string of the molecule is O=C(O)c1cc(Cl)cnc1Nc1ccc2c(c1)C=CC[C@H]2Cc1cccc(F)c1. The first-order valence-corrected chi connectivity index (χ1v) is 9.58. The predicted octanol–water partition coefficient (Wildman–Crippen LogP) is 6.06. The van der Waals surface area contributed by atoms with Gasteiger partial charge >= 0.3 is 5.97 Å². The maximum atomic E-state index is 13.5. The van der Waals surface area contributed by atoms with Crippen molar-refractivity contribution < 1.29 is 14.3 Å². The second-order valence-electron chi connectivity index (χ2n) is 6.99. The topological polar surface area (TPSA) is 62.2 Å². The van der Waals surface area contributed by atoms with Gasteiger partial charge in [0.2, 0.25) is 0 Å². The molecule has 0 saturated carbocycles. The standard InChI is InChI=1S/C23H18ClFN2O2/c24-17-12-21(23(28)29)22(26-13-17)27-19-7-8-20-15(4-2-5-16(20)11-19)9-14-3-1-6-18(25)10-14/h1-3,5-8,10-13,15H,4,9H2,(H,26,27)(H,28,29)/t15-/m0/s1. The number of hydrogen-bond acceptors (Lipinski definition) is 3. The Balaban J connectivity index is 1.59. The van der Waals surface area contributed by atoms with E-state index in [1.165, 1.54) is 23.9 Å². The molecule has 2 N–H and O–H groups in total. The van der Waals surface area contributed by atoms with Gasteiger partial charge in [-0.25, -0.2) is 14.2 Å². The number of nitrogens with one attached hydrogen (secondary N) is 1. The van der Waals surface area contributed by atoms with Crippen LogP contribution in [0.3, 0.4) is 0 Å². The number of hydrogen-bond donors (Lipinski definition) is 2. The van der Waals surface area contributed by atoms with Crippen LogP contribution in [0.1, 0.15) is 39.4 Å². The van der Waals surface area contributed by atoms with Crippen molar-refractivity contribution in [1.82, 2.24) is 4.98 Å². The molecule has 1 atom stereocenters. The third-order valence-electron chi connectivity index (χ3n) is 4.96. The lowest BCUT2D eigenvalue weighted by atomic mass is 9.83. The van der Waals surface area contributed by atoms with Gasteiger partial charge in [0.1, 0.15) is 17.2 Å². The van der Waals surface area contributed by atoms with Crippen LogP contribution in [0.15, 0.2) is 60.8 Å². The van der Waals surface area contributed by atoms with Crippen LogP contribution < -0.4 is 5.32 Å². The van der Waals surface area contributed by atoms with Crippen LogP contribution in [0.2, 0.25) is 5.02 Å². The first-order chi connectivity index (χ1) is 14.0. The minimum absolute atomic E-state index is 0.00902. The summed E-state index contributed by atoms with van der Waals surface area (Å²) in [7, 11) is 0. The highest BCUT2D eigenvalue weighted by molar-refractivity contribution is 6.30. The zero-order chi connectivity index (χ0) is 20.4. The van der Waals surface area contributed by atoms with E-state index in [1.54, 1.807) is 12.1 Å². The first kappa shape index (κ1) is 19.2. The molecule has 0 saturated heterocycles. The molecule has 1 aromatic heterocycles. The molecule has 0 radical (unpaired) electrons. The van der Waals surface area contributed by atoms with Gasteiger partial charge in [-0.2, -0.15) is 0 Å². The number of anilines is 2. The number of aromatic nitrogens is 1. The molecule has 0 fully saturated rings. The number of aromatic carboxylic acids is 1. The van der Waals surface area contributed by atoms with Gasteiger partial charge in [-0.3, -0.25) is 0 Å². The second-order valence-corrected chi connectivity index (χ2v) is 7.43. The van der Waals surface area contributed by atoms with Gasteiger partial charge in [-0.05, 0) is 65.8 Å². The molecule has 0 unspecified atom stereocenters. The molecule has 6 heteroatoms. The molecule has 3 aromatic rings. The van der Waals surface area contributed by atoms with Crippen LogP contribution in [0.4, 0.5) is 15.9 Å². The Hall–Kier alpha value is -3.18. The smallest absolute Gasteiger partial charge is 0.339 e. The maximum absolute atomic E-state index is 13.5. The molecule has 0 aliphatic heterocycles. The van der Waals surface area contributed by atoms with E-state index in [0.29, 0.717) is 0 Å². The van der Waals surface area contributed by atoms with Crippen molar-refractivity contribution in [3.05, 3.63) is 93.9 Å². The van der Waals surface area contributed by atoms with E-state index in [0.717, 1.165) is 29.7 Å². The van der Waals surface area contributed by atoms with E-state index in [4.69, 9.17) is 11.6 Å². The summed E-state index contributed by atoms with van der Waals surface area (Å²) in [6.45, 7) is 0. The lowest BCUT2D eigenvalue weighted by Crippen LogP contribution is -2.09. The Labute approximate surface area is 172 Å². The Kier molecular flexibility index (Phi) is 5.32. The maximum Gasteiger partial charge on any atom is 0.339 e. The summed E-state index contributed by atoms with van der Waals surface area (Å²) in [4.78, 5) is 15.6. The molecular formula is C23H18ClFN2O2. The van der Waals surface area contributed by atoms with Crippen molar-refractivity contribution in [2.45, 2.75) is 18.8 Å². The number of carbonyl (C=O) groups is 1. The lowest BCUT2D eigenvalue weighted by molar-refractivity contribution is 0.0697. The fraction of sp³-hybridized carbons (Fsp3) is 0.130. The molecular weight excluding hydrogens is 391 g/mol. The van der Waals surface area contributed by atoms with Gasteiger partial charge in [0.15, 0.2) is 0 Å². The fourth-order valence-electron chi connectivity index (χ4n) is 3.64. The van der Waals surface area contributed by atoms with Gasteiger partial charge in [0, 0.05) is 11.9 Å². The average molecular weight is 409 g/mol. The summed E-state index contributed by atoms with van der Waals surface area (Å²) in [6.07, 6.45) is 7.21. The monoisotopic (exact) mass is 408 g/mol. The van der Waals surface area contributed by atoms with E-state index >= 15 is 0 Å². The molecule has 1 heterocycles. The van der Waals surface area contributed by atoms with Crippen molar-refractivity contribution >= 4 is 35.2 Å². The van der Waals surface area contributed by atoms with Crippen LogP contribution in [0, 0.1) is 5.82 Å². The second kappa shape index (κ2) is 8.05. The molecule has 0 spiro atoms. The summed E-state index contributed by atoms with van der Waals surface area (Å²) in [5.74, 6) is -0.833. The lowest BCUT2D eigenvalue weighted by Gasteiger charge is -2.23. The zero-order valence-corrected chi connectivity index (χ0v) is 16.2. The zero-order valence-electron chi connectivity index (χ0n) is 15.4. The quantitative estimate of drug-likeness (QED) is 0.538. The molecule has 4 nitrogen and oxygen atoms in total. The summed E-state index contributed by atoms with van der Waals surface area (Å²) in [6, 6.07) is 14.0. The van der Waals surface area contributed by atoms with Crippen molar-refractivity contribution in [2.75, 3.05) is 5.32 Å². The number of allylic oxidation sites excluding steroid dienone is 1. The van der Waals surface area contributed by atoms with Gasteiger partial charge < -0.3 is 10.4 Å². The minimum atomic E-state index is -1.10. The van der Waals surface area contributed by atoms with Crippen molar-refractivity contribution in [2.24, 2.45) is 0 Å². The molecule has 146 valence electrons. The average Bonchev–Trinajstić information content (AvgIpc) is 2.69. The number of fused-ring (bicyclic) bond motifs is 1. The van der Waals surface area contributed by atoms with Gasteiger partial charge in [0.05, 0.1) is 5.02 Å². The normalized spacial score (nSPS) is 15.0. The number of halogens is 2. The van der Waals surface area contributed by atoms with Gasteiger partial charge in [-0.1, -0.05) is 42.0 Å². The number of nitrogens with zero attached hydrogens (tertiary/aromatic N) is 1. The van der Waals surface area contributed by atoms with E-state index in [9.17, 15) is 14.3 Å². The van der Waals surface area contributed by atoms with E-state index in [2.05, 4.69) is 22.5 Å². The number of rotatable bonds is 5. The van der Waals surface area contributed by atoms with Crippen LogP contribution in [0.5, 0.6) is 0 Å². The minimum Gasteiger partial charge on any atom is -0.478 e. The highest BCUT2D eigenvalue weighted by Crippen LogP contribution is 2.35. The Morgan fingerprint density at radius 2 is 2.10 bits per heavy atom. The van der Waals surface area contributed by atoms with E-state index in [1.807, 2.05) is 24.3 Å². The molecule has 1 aliphatic rings. The highest BCUT2D eigenvalue weighted by Gasteiger charge is 2.19. The van der Waals surface area contributed by atoms with Crippen LogP contribution in [-0.4, -0.2) is 16.1 Å². The Morgan fingerprint density at radius 3 is 2.90 bits per heavy atom. The van der Waals surface area contributed by atoms with E-state index in [-0.39, 0.29) is 28.1 Å². The van der Waals surface area contributed by atoms with Crippen LogP contribution >= 0.6 is 11.6 Å². The number of benzene rings is 2. The third kappa shape index (κ3) is 4.30. The molecule has 4 rings (SSSR count). The van der Waals surface area contributed by atoms with Crippen LogP contribution in [0.25, 0.3) is 6.08 Å². The highest BCUT2D eigenvalue weighted by atomic mass is 35.5. The molecule has 0 bridgehead atoms. The van der Waals surface area contributed by atoms with Crippen molar-refractivity contribution in [3.8, 4) is 0 Å². The Bertz CT molecular complexity index is 1110. The van der Waals surface area contributed by atoms with Crippen LogP contribution in [-0.2, 0) is 6.42 Å². The summed E-state index contributed by atoms with van der Waals surface area (Å²) >= 11 is 5.86. The fourth-order valence-corrected chi connectivity index (χ4v) is 3.79. The largest absolute Gasteiger partial charge is 0.478 e. The summed E-state index contributed by atoms with van der Waals surface area (Å²) < 4.78 is 13.5. The van der Waals surface area contributed by atoms with Gasteiger partial charge in [0.25, 0.3) is 0 Å². The third-order valence-corrected chi connectivity index (χ3v) is 5.17. The number of carboxylic acid groups (broad SMARTS) is 1.